The summed E-state index contributed by atoms with van der Waals surface area (Å²) in [5.74, 6) is 1.66. The largest absolute Gasteiger partial charge is 0.467 e. The van der Waals surface area contributed by atoms with Crippen LogP contribution in [-0.4, -0.2) is 48.0 Å². The van der Waals surface area contributed by atoms with E-state index in [2.05, 4.69) is 53.0 Å². The lowest BCUT2D eigenvalue weighted by atomic mass is 9.93. The molecule has 0 saturated heterocycles. The van der Waals surface area contributed by atoms with Gasteiger partial charge < -0.3 is 14.5 Å². The zero-order chi connectivity index (χ0) is 34.2. The standard InChI is InChI=1S/C39H41ClN2O4S2/c1-25(2)42(23-31-21-34(29-16-19-48-24-29)37(46-31)28-11-13-30(40)14-12-28)22-27-10-15-33(35(20-27)32-9-7-6-8-26(32)3)38(43)41-36(17-18-47-5)39(44)45-4/h6-16,19-21,24-25,36H,17-18,22-23H2,1-5H3,(H,41,43). The number of esters is 1. The van der Waals surface area contributed by atoms with Gasteiger partial charge >= 0.3 is 5.97 Å². The average Bonchev–Trinajstić information content (AvgIpc) is 3.77. The first-order valence-corrected chi connectivity index (χ1v) is 18.6. The molecule has 1 unspecified atom stereocenters. The predicted molar refractivity (Wildman–Crippen MR) is 200 cm³/mol. The number of nitrogens with one attached hydrogen (secondary N) is 1. The minimum atomic E-state index is -0.721. The van der Waals surface area contributed by atoms with Gasteiger partial charge in [-0.2, -0.15) is 23.1 Å². The van der Waals surface area contributed by atoms with Crippen molar-refractivity contribution < 1.29 is 18.7 Å². The van der Waals surface area contributed by atoms with E-state index in [1.54, 1.807) is 23.1 Å². The van der Waals surface area contributed by atoms with Gasteiger partial charge in [-0.05, 0) is 126 Å². The number of carbonyl (C=O) groups is 2. The zero-order valence-electron chi connectivity index (χ0n) is 27.9. The summed E-state index contributed by atoms with van der Waals surface area (Å²) < 4.78 is 11.6. The molecule has 2 aromatic heterocycles. The molecule has 1 atom stereocenters. The lowest BCUT2D eigenvalue weighted by molar-refractivity contribution is -0.142. The van der Waals surface area contributed by atoms with Crippen molar-refractivity contribution in [3.05, 3.63) is 117 Å². The van der Waals surface area contributed by atoms with Gasteiger partial charge in [0.1, 0.15) is 17.6 Å². The topological polar surface area (TPSA) is 71.8 Å². The summed E-state index contributed by atoms with van der Waals surface area (Å²) in [6, 6.07) is 25.5. The maximum absolute atomic E-state index is 13.7. The Kier molecular flexibility index (Phi) is 12.2. The third-order valence-corrected chi connectivity index (χ3v) is 9.94. The first-order chi connectivity index (χ1) is 23.2. The monoisotopic (exact) mass is 700 g/mol. The summed E-state index contributed by atoms with van der Waals surface area (Å²) in [5.41, 5.74) is 7.58. The van der Waals surface area contributed by atoms with E-state index in [9.17, 15) is 9.59 Å². The lowest BCUT2D eigenvalue weighted by Crippen LogP contribution is -2.42. The van der Waals surface area contributed by atoms with Crippen molar-refractivity contribution in [1.29, 1.82) is 0 Å². The second kappa shape index (κ2) is 16.5. The van der Waals surface area contributed by atoms with Crippen LogP contribution in [0.3, 0.4) is 0 Å². The molecule has 250 valence electrons. The van der Waals surface area contributed by atoms with Crippen LogP contribution in [0.2, 0.25) is 5.02 Å². The molecule has 1 amide bonds. The number of aryl methyl sites for hydroxylation is 1. The Hall–Kier alpha value is -3.82. The second-order valence-corrected chi connectivity index (χ2v) is 14.2. The summed E-state index contributed by atoms with van der Waals surface area (Å²) in [7, 11) is 1.35. The van der Waals surface area contributed by atoms with Crippen LogP contribution in [0.5, 0.6) is 0 Å². The van der Waals surface area contributed by atoms with E-state index in [-0.39, 0.29) is 11.9 Å². The van der Waals surface area contributed by atoms with E-state index < -0.39 is 12.0 Å². The highest BCUT2D eigenvalue weighted by atomic mass is 35.5. The van der Waals surface area contributed by atoms with Crippen LogP contribution in [0, 0.1) is 6.92 Å². The summed E-state index contributed by atoms with van der Waals surface area (Å²) >= 11 is 9.47. The molecule has 5 rings (SSSR count). The molecule has 0 aliphatic carbocycles. The number of furan rings is 1. The lowest BCUT2D eigenvalue weighted by Gasteiger charge is -2.26. The molecule has 3 aromatic carbocycles. The summed E-state index contributed by atoms with van der Waals surface area (Å²) in [6.07, 6.45) is 2.46. The van der Waals surface area contributed by atoms with Crippen LogP contribution in [0.1, 0.15) is 47.5 Å². The number of hydrogen-bond donors (Lipinski definition) is 1. The molecule has 6 nitrogen and oxygen atoms in total. The molecule has 9 heteroatoms. The van der Waals surface area contributed by atoms with Crippen LogP contribution < -0.4 is 5.32 Å². The first-order valence-electron chi connectivity index (χ1n) is 15.9. The van der Waals surface area contributed by atoms with Crippen molar-refractivity contribution in [2.75, 3.05) is 19.1 Å². The van der Waals surface area contributed by atoms with Gasteiger partial charge in [0.2, 0.25) is 0 Å². The Labute approximate surface area is 296 Å². The van der Waals surface area contributed by atoms with Gasteiger partial charge in [-0.3, -0.25) is 9.69 Å². The zero-order valence-corrected chi connectivity index (χ0v) is 30.3. The number of benzene rings is 3. The van der Waals surface area contributed by atoms with E-state index in [4.69, 9.17) is 20.8 Å². The Morgan fingerprint density at radius 1 is 0.958 bits per heavy atom. The number of methoxy groups -OCH3 is 1. The van der Waals surface area contributed by atoms with Gasteiger partial charge in [0, 0.05) is 34.3 Å². The quantitative estimate of drug-likeness (QED) is 0.116. The molecule has 48 heavy (non-hydrogen) atoms. The number of rotatable bonds is 14. The van der Waals surface area contributed by atoms with Crippen LogP contribution >= 0.6 is 34.7 Å². The minimum Gasteiger partial charge on any atom is -0.467 e. The van der Waals surface area contributed by atoms with Crippen LogP contribution in [-0.2, 0) is 22.6 Å². The van der Waals surface area contributed by atoms with Crippen molar-refractivity contribution in [2.24, 2.45) is 0 Å². The highest BCUT2D eigenvalue weighted by Crippen LogP contribution is 2.37. The first kappa shape index (κ1) is 35.5. The summed E-state index contributed by atoms with van der Waals surface area (Å²) in [6.45, 7) is 7.63. The summed E-state index contributed by atoms with van der Waals surface area (Å²) in [5, 5.41) is 7.83. The van der Waals surface area contributed by atoms with Crippen molar-refractivity contribution >= 4 is 46.6 Å². The summed E-state index contributed by atoms with van der Waals surface area (Å²) in [4.78, 5) is 28.6. The molecule has 0 aliphatic heterocycles. The molecule has 0 saturated carbocycles. The highest BCUT2D eigenvalue weighted by molar-refractivity contribution is 7.98. The van der Waals surface area contributed by atoms with Gasteiger partial charge in [-0.15, -0.1) is 0 Å². The molecule has 5 aromatic rings. The van der Waals surface area contributed by atoms with Gasteiger partial charge in [0.05, 0.1) is 13.7 Å². The molecule has 0 spiro atoms. The average molecular weight is 701 g/mol. The van der Waals surface area contributed by atoms with Gasteiger partial charge in [0.25, 0.3) is 5.91 Å². The van der Waals surface area contributed by atoms with E-state index in [1.807, 2.05) is 73.8 Å². The fourth-order valence-corrected chi connectivity index (χ4v) is 6.93. The van der Waals surface area contributed by atoms with Crippen molar-refractivity contribution in [3.8, 4) is 33.6 Å². The molecule has 1 N–H and O–H groups in total. The second-order valence-electron chi connectivity index (χ2n) is 12.0. The number of thioether (sulfide) groups is 1. The van der Waals surface area contributed by atoms with Crippen molar-refractivity contribution in [1.82, 2.24) is 10.2 Å². The third-order valence-electron chi connectivity index (χ3n) is 8.36. The smallest absolute Gasteiger partial charge is 0.328 e. The number of amides is 1. The molecule has 0 aliphatic rings. The number of halogens is 1. The number of thiophene rings is 1. The molecule has 0 bridgehead atoms. The third kappa shape index (κ3) is 8.60. The molecule has 2 heterocycles. The number of hydrogen-bond acceptors (Lipinski definition) is 7. The highest BCUT2D eigenvalue weighted by Gasteiger charge is 2.25. The van der Waals surface area contributed by atoms with Gasteiger partial charge in [-0.25, -0.2) is 4.79 Å². The Morgan fingerprint density at radius 2 is 1.73 bits per heavy atom. The van der Waals surface area contributed by atoms with Gasteiger partial charge in [-0.1, -0.05) is 41.9 Å². The normalized spacial score (nSPS) is 12.0. The van der Waals surface area contributed by atoms with Crippen LogP contribution in [0.15, 0.2) is 94.0 Å². The fraction of sp³-hybridized carbons (Fsp3) is 0.282. The van der Waals surface area contributed by atoms with Crippen LogP contribution in [0.25, 0.3) is 33.6 Å². The Bertz CT molecular complexity index is 1830. The van der Waals surface area contributed by atoms with Crippen LogP contribution in [0.4, 0.5) is 0 Å². The Balaban J connectivity index is 1.46. The number of nitrogens with zero attached hydrogens (tertiary/aromatic N) is 1. The van der Waals surface area contributed by atoms with Crippen molar-refractivity contribution in [3.63, 3.8) is 0 Å². The number of carbonyl (C=O) groups excluding carboxylic acids is 2. The molecule has 0 radical (unpaired) electrons. The molecule has 0 fully saturated rings. The Morgan fingerprint density at radius 3 is 2.40 bits per heavy atom. The minimum absolute atomic E-state index is 0.209. The van der Waals surface area contributed by atoms with E-state index in [0.29, 0.717) is 30.1 Å². The van der Waals surface area contributed by atoms with E-state index in [0.717, 1.165) is 56.2 Å². The maximum Gasteiger partial charge on any atom is 0.328 e. The predicted octanol–water partition coefficient (Wildman–Crippen LogP) is 9.74. The molecular formula is C39H41ClN2O4S2. The number of ether oxygens (including phenoxy) is 1. The molecular weight excluding hydrogens is 660 g/mol. The van der Waals surface area contributed by atoms with Crippen molar-refractivity contribution in [2.45, 2.75) is 52.4 Å². The maximum atomic E-state index is 13.7. The SMILES string of the molecule is COC(=O)C(CCSC)NC(=O)c1ccc(CN(Cc2cc(-c3ccsc3)c(-c3ccc(Cl)cc3)o2)C(C)C)cc1-c1ccccc1C. The van der Waals surface area contributed by atoms with Gasteiger partial charge in [0.15, 0.2) is 0 Å². The van der Waals surface area contributed by atoms with E-state index >= 15 is 0 Å². The fourth-order valence-electron chi connectivity index (χ4n) is 5.67. The van der Waals surface area contributed by atoms with E-state index in [1.165, 1.54) is 7.11 Å².